The Bertz CT molecular complexity index is 309. The van der Waals surface area contributed by atoms with Crippen molar-refractivity contribution in [2.75, 3.05) is 11.1 Å². The van der Waals surface area contributed by atoms with Crippen LogP contribution in [-0.2, 0) is 0 Å². The maximum atomic E-state index is 5.48. The number of nitrogen functional groups attached to an aromatic ring is 1. The number of aromatic nitrogens is 2. The highest BCUT2D eigenvalue weighted by atomic mass is 15.0. The summed E-state index contributed by atoms with van der Waals surface area (Å²) in [6, 6.07) is 0.548. The molecule has 0 aromatic carbocycles. The van der Waals surface area contributed by atoms with Gasteiger partial charge in [0.2, 0.25) is 0 Å². The van der Waals surface area contributed by atoms with Crippen molar-refractivity contribution in [3.63, 3.8) is 0 Å². The van der Waals surface area contributed by atoms with Crippen molar-refractivity contribution in [3.8, 4) is 0 Å². The second-order valence-electron chi connectivity index (χ2n) is 4.44. The first-order chi connectivity index (χ1) is 7.24. The van der Waals surface area contributed by atoms with E-state index in [1.165, 1.54) is 25.7 Å². The quantitative estimate of drug-likeness (QED) is 0.777. The van der Waals surface area contributed by atoms with Crippen LogP contribution in [0.3, 0.4) is 0 Å². The number of nitrogens with zero attached hydrogens (tertiary/aromatic N) is 2. The first-order valence-corrected chi connectivity index (χ1v) is 5.58. The number of hydrogen-bond donors (Lipinski definition) is 2. The zero-order valence-electron chi connectivity index (χ0n) is 9.11. The van der Waals surface area contributed by atoms with E-state index in [4.69, 9.17) is 5.73 Å². The normalized spacial score (nSPS) is 26.2. The summed E-state index contributed by atoms with van der Waals surface area (Å²) in [5.41, 5.74) is 5.48. The summed E-state index contributed by atoms with van der Waals surface area (Å²) in [5, 5.41) is 3.41. The van der Waals surface area contributed by atoms with Gasteiger partial charge in [-0.2, -0.15) is 0 Å². The van der Waals surface area contributed by atoms with Crippen molar-refractivity contribution >= 4 is 11.6 Å². The molecule has 0 saturated heterocycles. The molecule has 4 heteroatoms. The predicted octanol–water partition coefficient (Wildman–Crippen LogP) is 2.05. The zero-order chi connectivity index (χ0) is 10.7. The summed E-state index contributed by atoms with van der Waals surface area (Å²) in [6.07, 6.45) is 8.42. The fraction of sp³-hybridized carbons (Fsp3) is 0.636. The lowest BCUT2D eigenvalue weighted by atomic mass is 9.87. The van der Waals surface area contributed by atoms with Crippen LogP contribution in [0, 0.1) is 5.92 Å². The van der Waals surface area contributed by atoms with Crippen LogP contribution in [0.15, 0.2) is 12.4 Å². The fourth-order valence-corrected chi connectivity index (χ4v) is 2.19. The maximum Gasteiger partial charge on any atom is 0.144 e. The highest BCUT2D eigenvalue weighted by Gasteiger charge is 2.18. The SMILES string of the molecule is CC1CCCC(Nc2cnc(N)cn2)C1. The Morgan fingerprint density at radius 3 is 2.87 bits per heavy atom. The fourth-order valence-electron chi connectivity index (χ4n) is 2.19. The molecule has 0 radical (unpaired) electrons. The molecule has 15 heavy (non-hydrogen) atoms. The van der Waals surface area contributed by atoms with Gasteiger partial charge in [0.05, 0.1) is 12.4 Å². The van der Waals surface area contributed by atoms with Crippen molar-refractivity contribution in [3.05, 3.63) is 12.4 Å². The summed E-state index contributed by atoms with van der Waals surface area (Å²) in [7, 11) is 0. The van der Waals surface area contributed by atoms with Crippen molar-refractivity contribution in [2.24, 2.45) is 5.92 Å². The third kappa shape index (κ3) is 2.81. The molecular formula is C11H18N4. The molecule has 0 bridgehead atoms. The molecule has 1 saturated carbocycles. The van der Waals surface area contributed by atoms with Crippen LogP contribution in [0.2, 0.25) is 0 Å². The maximum absolute atomic E-state index is 5.48. The van der Waals surface area contributed by atoms with E-state index >= 15 is 0 Å². The average Bonchev–Trinajstić information content (AvgIpc) is 2.22. The molecule has 1 aliphatic rings. The van der Waals surface area contributed by atoms with Crippen LogP contribution in [0.25, 0.3) is 0 Å². The minimum absolute atomic E-state index is 0.470. The van der Waals surface area contributed by atoms with Gasteiger partial charge in [-0.3, -0.25) is 0 Å². The van der Waals surface area contributed by atoms with Crippen LogP contribution >= 0.6 is 0 Å². The molecule has 2 rings (SSSR count). The molecule has 2 unspecified atom stereocenters. The van der Waals surface area contributed by atoms with Gasteiger partial charge in [0.1, 0.15) is 11.6 Å². The Kier molecular flexibility index (Phi) is 3.04. The number of rotatable bonds is 2. The van der Waals surface area contributed by atoms with E-state index in [1.54, 1.807) is 12.4 Å². The van der Waals surface area contributed by atoms with Crippen LogP contribution in [0.1, 0.15) is 32.6 Å². The lowest BCUT2D eigenvalue weighted by Gasteiger charge is -2.27. The van der Waals surface area contributed by atoms with Crippen molar-refractivity contribution in [2.45, 2.75) is 38.6 Å². The van der Waals surface area contributed by atoms with Gasteiger partial charge in [0.15, 0.2) is 0 Å². The molecule has 3 N–H and O–H groups in total. The first kappa shape index (κ1) is 10.2. The summed E-state index contributed by atoms with van der Waals surface area (Å²) in [6.45, 7) is 2.31. The number of hydrogen-bond acceptors (Lipinski definition) is 4. The van der Waals surface area contributed by atoms with Gasteiger partial charge in [-0.05, 0) is 18.8 Å². The first-order valence-electron chi connectivity index (χ1n) is 5.58. The third-order valence-electron chi connectivity index (χ3n) is 2.96. The zero-order valence-corrected chi connectivity index (χ0v) is 9.11. The Morgan fingerprint density at radius 1 is 1.33 bits per heavy atom. The van der Waals surface area contributed by atoms with E-state index in [2.05, 4.69) is 22.2 Å². The molecular weight excluding hydrogens is 188 g/mol. The molecule has 82 valence electrons. The Balaban J connectivity index is 1.93. The van der Waals surface area contributed by atoms with Gasteiger partial charge in [-0.15, -0.1) is 0 Å². The second-order valence-corrected chi connectivity index (χ2v) is 4.44. The molecule has 1 heterocycles. The number of anilines is 2. The van der Waals surface area contributed by atoms with E-state index in [0.29, 0.717) is 11.9 Å². The van der Waals surface area contributed by atoms with Crippen LogP contribution in [-0.4, -0.2) is 16.0 Å². The molecule has 0 amide bonds. The summed E-state index contributed by atoms with van der Waals surface area (Å²) in [4.78, 5) is 8.22. The van der Waals surface area contributed by atoms with Crippen LogP contribution < -0.4 is 11.1 Å². The lowest BCUT2D eigenvalue weighted by Crippen LogP contribution is -2.26. The monoisotopic (exact) mass is 206 g/mol. The van der Waals surface area contributed by atoms with E-state index in [-0.39, 0.29) is 0 Å². The molecule has 0 aliphatic heterocycles. The molecule has 0 spiro atoms. The van der Waals surface area contributed by atoms with E-state index in [9.17, 15) is 0 Å². The highest BCUT2D eigenvalue weighted by Crippen LogP contribution is 2.25. The minimum atomic E-state index is 0.470. The Morgan fingerprint density at radius 2 is 2.20 bits per heavy atom. The third-order valence-corrected chi connectivity index (χ3v) is 2.96. The van der Waals surface area contributed by atoms with E-state index in [0.717, 1.165) is 11.7 Å². The second kappa shape index (κ2) is 4.47. The average molecular weight is 206 g/mol. The van der Waals surface area contributed by atoms with Gasteiger partial charge >= 0.3 is 0 Å². The highest BCUT2D eigenvalue weighted by molar-refractivity contribution is 5.36. The largest absolute Gasteiger partial charge is 0.382 e. The minimum Gasteiger partial charge on any atom is -0.382 e. The topological polar surface area (TPSA) is 63.8 Å². The van der Waals surface area contributed by atoms with E-state index in [1.807, 2.05) is 0 Å². The smallest absolute Gasteiger partial charge is 0.144 e. The van der Waals surface area contributed by atoms with Gasteiger partial charge < -0.3 is 11.1 Å². The van der Waals surface area contributed by atoms with Crippen molar-refractivity contribution in [1.82, 2.24) is 9.97 Å². The number of nitrogens with one attached hydrogen (secondary N) is 1. The molecule has 4 nitrogen and oxygen atoms in total. The Hall–Kier alpha value is -1.32. The number of nitrogens with two attached hydrogens (primary N) is 1. The van der Waals surface area contributed by atoms with Gasteiger partial charge in [0, 0.05) is 6.04 Å². The van der Waals surface area contributed by atoms with Crippen molar-refractivity contribution in [1.29, 1.82) is 0 Å². The molecule has 1 aromatic rings. The summed E-state index contributed by atoms with van der Waals surface area (Å²) < 4.78 is 0. The summed E-state index contributed by atoms with van der Waals surface area (Å²) in [5.74, 6) is 2.12. The van der Waals surface area contributed by atoms with Gasteiger partial charge in [-0.1, -0.05) is 19.8 Å². The van der Waals surface area contributed by atoms with Crippen LogP contribution in [0.4, 0.5) is 11.6 Å². The predicted molar refractivity (Wildman–Crippen MR) is 61.5 cm³/mol. The molecule has 1 fully saturated rings. The van der Waals surface area contributed by atoms with Crippen molar-refractivity contribution < 1.29 is 0 Å². The summed E-state index contributed by atoms with van der Waals surface area (Å²) >= 11 is 0. The standard InChI is InChI=1S/C11H18N4/c1-8-3-2-4-9(5-8)15-11-7-13-10(12)6-14-11/h6-9H,2-5H2,1H3,(H2,12,13)(H,14,15). The lowest BCUT2D eigenvalue weighted by molar-refractivity contribution is 0.358. The molecule has 1 aromatic heterocycles. The molecule has 2 atom stereocenters. The van der Waals surface area contributed by atoms with Crippen LogP contribution in [0.5, 0.6) is 0 Å². The van der Waals surface area contributed by atoms with Gasteiger partial charge in [0.25, 0.3) is 0 Å². The van der Waals surface area contributed by atoms with Gasteiger partial charge in [-0.25, -0.2) is 9.97 Å². The Labute approximate surface area is 90.3 Å². The van der Waals surface area contributed by atoms with E-state index < -0.39 is 0 Å². The molecule has 1 aliphatic carbocycles.